The monoisotopic (exact) mass is 378 g/mol. The van der Waals surface area contributed by atoms with Crippen molar-refractivity contribution in [1.29, 1.82) is 0 Å². The number of aromatic nitrogens is 2. The Labute approximate surface area is 135 Å². The van der Waals surface area contributed by atoms with Gasteiger partial charge in [-0.2, -0.15) is 0 Å². The summed E-state index contributed by atoms with van der Waals surface area (Å²) in [6.45, 7) is 5.60. The number of nitrogens with zero attached hydrogens (tertiary/aromatic N) is 3. The average molecular weight is 379 g/mol. The molecule has 120 valence electrons. The van der Waals surface area contributed by atoms with E-state index in [1.807, 2.05) is 13.0 Å². The molecular weight excluding hydrogens is 356 g/mol. The van der Waals surface area contributed by atoms with Gasteiger partial charge in [-0.05, 0) is 28.8 Å². The lowest BCUT2D eigenvalue weighted by molar-refractivity contribution is 0.428. The van der Waals surface area contributed by atoms with Gasteiger partial charge in [0.2, 0.25) is 10.0 Å². The van der Waals surface area contributed by atoms with Crippen LogP contribution in [-0.4, -0.2) is 48.6 Å². The van der Waals surface area contributed by atoms with E-state index in [1.165, 1.54) is 10.6 Å². The lowest BCUT2D eigenvalue weighted by atomic mass is 10.3. The van der Waals surface area contributed by atoms with Gasteiger partial charge in [0, 0.05) is 32.1 Å². The summed E-state index contributed by atoms with van der Waals surface area (Å²) in [6.07, 6.45) is 3.80. The Morgan fingerprint density at radius 3 is 2.62 bits per heavy atom. The van der Waals surface area contributed by atoms with E-state index in [0.717, 1.165) is 35.5 Å². The predicted molar refractivity (Wildman–Crippen MR) is 88.9 cm³/mol. The van der Waals surface area contributed by atoms with Crippen molar-refractivity contribution >= 4 is 31.8 Å². The van der Waals surface area contributed by atoms with Crippen LogP contribution < -0.4 is 5.32 Å². The normalized spacial score (nSPS) is 11.9. The third-order valence-electron chi connectivity index (χ3n) is 2.93. The van der Waals surface area contributed by atoms with Crippen LogP contribution in [0.15, 0.2) is 10.7 Å². The number of rotatable bonds is 9. The van der Waals surface area contributed by atoms with E-state index in [1.54, 1.807) is 0 Å². The molecule has 0 aliphatic rings. The number of sulfonamides is 1. The quantitative estimate of drug-likeness (QED) is 0.526. The third kappa shape index (κ3) is 6.71. The zero-order chi connectivity index (χ0) is 15.9. The van der Waals surface area contributed by atoms with Gasteiger partial charge in [-0.1, -0.05) is 13.8 Å². The Hall–Kier alpha value is -0.730. The van der Waals surface area contributed by atoms with Crippen LogP contribution in [0.5, 0.6) is 0 Å². The maximum atomic E-state index is 11.5. The van der Waals surface area contributed by atoms with Gasteiger partial charge < -0.3 is 5.32 Å². The summed E-state index contributed by atoms with van der Waals surface area (Å²) in [6, 6.07) is 1.83. The molecule has 0 fully saturated rings. The van der Waals surface area contributed by atoms with Gasteiger partial charge in [0.05, 0.1) is 6.26 Å². The van der Waals surface area contributed by atoms with Gasteiger partial charge in [0.25, 0.3) is 0 Å². The van der Waals surface area contributed by atoms with Crippen LogP contribution >= 0.6 is 15.9 Å². The first-order chi connectivity index (χ1) is 9.86. The summed E-state index contributed by atoms with van der Waals surface area (Å²) >= 11 is 3.37. The van der Waals surface area contributed by atoms with E-state index in [9.17, 15) is 8.42 Å². The molecule has 1 aromatic heterocycles. The van der Waals surface area contributed by atoms with Gasteiger partial charge in [0.1, 0.15) is 16.2 Å². The van der Waals surface area contributed by atoms with Crippen LogP contribution in [-0.2, 0) is 16.4 Å². The van der Waals surface area contributed by atoms with E-state index in [4.69, 9.17) is 0 Å². The smallest absolute Gasteiger partial charge is 0.211 e. The molecule has 0 amide bonds. The molecule has 1 heterocycles. The molecule has 0 saturated heterocycles. The van der Waals surface area contributed by atoms with Gasteiger partial charge in [-0.3, -0.25) is 0 Å². The molecular formula is C13H23BrN4O2S. The number of halogens is 1. The Bertz CT molecular complexity index is 551. The Morgan fingerprint density at radius 2 is 2.05 bits per heavy atom. The highest BCUT2D eigenvalue weighted by atomic mass is 79.9. The fourth-order valence-corrected chi connectivity index (χ4v) is 3.27. The molecule has 0 unspecified atom stereocenters. The van der Waals surface area contributed by atoms with Crippen molar-refractivity contribution in [2.45, 2.75) is 33.1 Å². The van der Waals surface area contributed by atoms with Crippen molar-refractivity contribution in [1.82, 2.24) is 14.3 Å². The third-order valence-corrected chi connectivity index (χ3v) is 4.71. The first kappa shape index (κ1) is 18.3. The molecule has 0 aromatic carbocycles. The predicted octanol–water partition coefficient (Wildman–Crippen LogP) is 2.28. The molecule has 21 heavy (non-hydrogen) atoms. The number of hydrogen-bond acceptors (Lipinski definition) is 5. The molecule has 1 N–H and O–H groups in total. The molecule has 0 aliphatic heterocycles. The van der Waals surface area contributed by atoms with Crippen molar-refractivity contribution in [3.8, 4) is 0 Å². The van der Waals surface area contributed by atoms with Crippen LogP contribution in [0.2, 0.25) is 0 Å². The fourth-order valence-electron chi connectivity index (χ4n) is 1.92. The van der Waals surface area contributed by atoms with E-state index < -0.39 is 10.0 Å². The van der Waals surface area contributed by atoms with Crippen molar-refractivity contribution < 1.29 is 8.42 Å². The molecule has 8 heteroatoms. The fraction of sp³-hybridized carbons (Fsp3) is 0.692. The maximum Gasteiger partial charge on any atom is 0.211 e. The zero-order valence-electron chi connectivity index (χ0n) is 12.8. The molecule has 1 aromatic rings. The Kier molecular flexibility index (Phi) is 7.55. The summed E-state index contributed by atoms with van der Waals surface area (Å²) in [5.74, 6) is 1.57. The molecule has 0 spiro atoms. The highest BCUT2D eigenvalue weighted by Gasteiger charge is 2.13. The highest BCUT2D eigenvalue weighted by molar-refractivity contribution is 9.10. The molecule has 0 radical (unpaired) electrons. The van der Waals surface area contributed by atoms with Gasteiger partial charge in [0.15, 0.2) is 0 Å². The summed E-state index contributed by atoms with van der Waals surface area (Å²) in [7, 11) is -3.11. The van der Waals surface area contributed by atoms with Crippen LogP contribution in [0.3, 0.4) is 0 Å². The van der Waals surface area contributed by atoms with Crippen LogP contribution in [0.4, 0.5) is 5.82 Å². The van der Waals surface area contributed by atoms with Crippen LogP contribution in [0.25, 0.3) is 0 Å². The first-order valence-electron chi connectivity index (χ1n) is 7.09. The molecule has 6 nitrogen and oxygen atoms in total. The second-order valence-electron chi connectivity index (χ2n) is 4.78. The van der Waals surface area contributed by atoms with Crippen molar-refractivity contribution in [2.24, 2.45) is 0 Å². The summed E-state index contributed by atoms with van der Waals surface area (Å²) in [5.41, 5.74) is 0. The van der Waals surface area contributed by atoms with E-state index in [-0.39, 0.29) is 0 Å². The second kappa shape index (κ2) is 8.65. The Balaban J connectivity index is 2.49. The largest absolute Gasteiger partial charge is 0.370 e. The van der Waals surface area contributed by atoms with Gasteiger partial charge in [-0.25, -0.2) is 22.7 Å². The second-order valence-corrected chi connectivity index (χ2v) is 7.57. The zero-order valence-corrected chi connectivity index (χ0v) is 15.2. The molecule has 0 bridgehead atoms. The number of hydrogen-bond donors (Lipinski definition) is 1. The van der Waals surface area contributed by atoms with Gasteiger partial charge in [-0.15, -0.1) is 0 Å². The van der Waals surface area contributed by atoms with Gasteiger partial charge >= 0.3 is 0 Å². The van der Waals surface area contributed by atoms with Crippen molar-refractivity contribution in [3.05, 3.63) is 16.5 Å². The topological polar surface area (TPSA) is 75.2 Å². The van der Waals surface area contributed by atoms with Crippen LogP contribution in [0.1, 0.15) is 32.5 Å². The lowest BCUT2D eigenvalue weighted by Crippen LogP contribution is -2.31. The van der Waals surface area contributed by atoms with Crippen LogP contribution in [0, 0.1) is 0 Å². The number of aryl methyl sites for hydroxylation is 1. The van der Waals surface area contributed by atoms with E-state index in [0.29, 0.717) is 19.6 Å². The Morgan fingerprint density at radius 1 is 1.33 bits per heavy atom. The minimum Gasteiger partial charge on any atom is -0.370 e. The minimum absolute atomic E-state index is 0.499. The lowest BCUT2D eigenvalue weighted by Gasteiger charge is -2.17. The summed E-state index contributed by atoms with van der Waals surface area (Å²) in [5, 5.41) is 3.21. The minimum atomic E-state index is -3.11. The SMILES string of the molecule is CCCc1nc(Br)cc(NCCCN(CC)S(C)(=O)=O)n1. The number of nitrogens with one attached hydrogen (secondary N) is 1. The van der Waals surface area contributed by atoms with Crippen molar-refractivity contribution in [2.75, 3.05) is 31.2 Å². The van der Waals surface area contributed by atoms with Crippen molar-refractivity contribution in [3.63, 3.8) is 0 Å². The maximum absolute atomic E-state index is 11.5. The summed E-state index contributed by atoms with van der Waals surface area (Å²) < 4.78 is 25.2. The molecule has 1 rings (SSSR count). The van der Waals surface area contributed by atoms with E-state index >= 15 is 0 Å². The summed E-state index contributed by atoms with van der Waals surface area (Å²) in [4.78, 5) is 8.73. The average Bonchev–Trinajstić information content (AvgIpc) is 2.37. The molecule has 0 saturated carbocycles. The first-order valence-corrected chi connectivity index (χ1v) is 9.73. The molecule has 0 aliphatic carbocycles. The molecule has 0 atom stereocenters. The highest BCUT2D eigenvalue weighted by Crippen LogP contribution is 2.13. The standard InChI is InChI=1S/C13H23BrN4O2S/c1-4-7-12-16-11(14)10-13(17-12)15-8-6-9-18(5-2)21(3,19)20/h10H,4-9H2,1-3H3,(H,15,16,17). The van der Waals surface area contributed by atoms with E-state index in [2.05, 4.69) is 38.1 Å². The number of anilines is 1.